The van der Waals surface area contributed by atoms with E-state index in [-0.39, 0.29) is 18.6 Å². The lowest BCUT2D eigenvalue weighted by Gasteiger charge is -2.12. The number of urea groups is 1. The highest BCUT2D eigenvalue weighted by Crippen LogP contribution is 2.12. The summed E-state index contributed by atoms with van der Waals surface area (Å²) in [4.78, 5) is 46.0. The summed E-state index contributed by atoms with van der Waals surface area (Å²) in [6, 6.07) is 5.59. The summed E-state index contributed by atoms with van der Waals surface area (Å²) in [6.45, 7) is 1.33. The molecule has 0 saturated carbocycles. The Bertz CT molecular complexity index is 600. The summed E-state index contributed by atoms with van der Waals surface area (Å²) in [6.07, 6.45) is -1.35. The molecular formula is C15H17ClN2O5. The van der Waals surface area contributed by atoms with Crippen molar-refractivity contribution in [2.45, 2.75) is 25.9 Å². The molecule has 1 rings (SSSR count). The molecule has 7 nitrogen and oxygen atoms in total. The Hall–Kier alpha value is -2.41. The van der Waals surface area contributed by atoms with Crippen LogP contribution in [0.2, 0.25) is 5.02 Å². The zero-order valence-corrected chi connectivity index (χ0v) is 13.5. The van der Waals surface area contributed by atoms with Crippen LogP contribution in [-0.4, -0.2) is 36.8 Å². The Morgan fingerprint density at radius 3 is 2.30 bits per heavy atom. The van der Waals surface area contributed by atoms with Crippen molar-refractivity contribution in [2.75, 3.05) is 7.05 Å². The fraction of sp³-hybridized carbons (Fsp3) is 0.333. The number of hydrogen-bond donors (Lipinski definition) is 2. The number of rotatable bonds is 6. The number of esters is 1. The fourth-order valence-corrected chi connectivity index (χ4v) is 1.71. The van der Waals surface area contributed by atoms with Crippen LogP contribution < -0.4 is 10.6 Å². The number of carbonyl (C=O) groups excluding carboxylic acids is 4. The SMILES string of the molecule is CNC(=O)NC(=O)[C@@H](C)OC(=O)CCC(=O)c1ccc(Cl)cc1. The number of nitrogens with one attached hydrogen (secondary N) is 2. The molecule has 0 unspecified atom stereocenters. The number of amides is 3. The number of Topliss-reactive ketones (excluding diaryl/α,β-unsaturated/α-hetero) is 1. The number of halogens is 1. The highest BCUT2D eigenvalue weighted by molar-refractivity contribution is 6.30. The lowest BCUT2D eigenvalue weighted by Crippen LogP contribution is -2.43. The molecule has 3 amide bonds. The second kappa shape index (κ2) is 8.89. The van der Waals surface area contributed by atoms with E-state index in [1.165, 1.54) is 14.0 Å². The first-order chi connectivity index (χ1) is 10.8. The maximum atomic E-state index is 11.9. The molecule has 1 atom stereocenters. The van der Waals surface area contributed by atoms with Crippen molar-refractivity contribution in [1.82, 2.24) is 10.6 Å². The van der Waals surface area contributed by atoms with Gasteiger partial charge in [0.15, 0.2) is 11.9 Å². The number of benzene rings is 1. The quantitative estimate of drug-likeness (QED) is 0.606. The van der Waals surface area contributed by atoms with Crippen LogP contribution in [-0.2, 0) is 14.3 Å². The molecule has 0 aliphatic heterocycles. The monoisotopic (exact) mass is 340 g/mol. The summed E-state index contributed by atoms with van der Waals surface area (Å²) in [7, 11) is 1.35. The molecule has 0 heterocycles. The predicted molar refractivity (Wildman–Crippen MR) is 83.2 cm³/mol. The number of carbonyl (C=O) groups is 4. The predicted octanol–water partition coefficient (Wildman–Crippen LogP) is 1.69. The summed E-state index contributed by atoms with van der Waals surface area (Å²) in [5.41, 5.74) is 0.438. The lowest BCUT2D eigenvalue weighted by atomic mass is 10.1. The van der Waals surface area contributed by atoms with Gasteiger partial charge in [-0.05, 0) is 31.2 Å². The van der Waals surface area contributed by atoms with E-state index in [1.807, 2.05) is 5.32 Å². The van der Waals surface area contributed by atoms with E-state index in [1.54, 1.807) is 24.3 Å². The van der Waals surface area contributed by atoms with E-state index in [4.69, 9.17) is 16.3 Å². The molecule has 124 valence electrons. The van der Waals surface area contributed by atoms with Crippen molar-refractivity contribution in [1.29, 1.82) is 0 Å². The van der Waals surface area contributed by atoms with Gasteiger partial charge in [-0.2, -0.15) is 0 Å². The van der Waals surface area contributed by atoms with Crippen molar-refractivity contribution in [3.63, 3.8) is 0 Å². The molecule has 0 aliphatic rings. The van der Waals surface area contributed by atoms with Gasteiger partial charge in [-0.1, -0.05) is 11.6 Å². The van der Waals surface area contributed by atoms with Gasteiger partial charge in [0, 0.05) is 24.1 Å². The average molecular weight is 341 g/mol. The molecule has 0 aromatic heterocycles. The van der Waals surface area contributed by atoms with Gasteiger partial charge in [0.1, 0.15) is 0 Å². The molecule has 0 aliphatic carbocycles. The van der Waals surface area contributed by atoms with Gasteiger partial charge in [0.2, 0.25) is 0 Å². The van der Waals surface area contributed by atoms with Crippen LogP contribution in [0.5, 0.6) is 0 Å². The van der Waals surface area contributed by atoms with E-state index >= 15 is 0 Å². The van der Waals surface area contributed by atoms with E-state index in [2.05, 4.69) is 5.32 Å². The summed E-state index contributed by atoms with van der Waals surface area (Å²) < 4.78 is 4.86. The largest absolute Gasteiger partial charge is 0.453 e. The first kappa shape index (κ1) is 18.6. The topological polar surface area (TPSA) is 102 Å². The number of ketones is 1. The third-order valence-electron chi connectivity index (χ3n) is 2.86. The normalized spacial score (nSPS) is 11.3. The average Bonchev–Trinajstić information content (AvgIpc) is 2.52. The van der Waals surface area contributed by atoms with Crippen molar-refractivity contribution in [3.8, 4) is 0 Å². The first-order valence-electron chi connectivity index (χ1n) is 6.84. The minimum absolute atomic E-state index is 0.0513. The Balaban J connectivity index is 2.41. The molecule has 0 radical (unpaired) electrons. The summed E-state index contributed by atoms with van der Waals surface area (Å²) >= 11 is 5.73. The molecule has 8 heteroatoms. The van der Waals surface area contributed by atoms with Crippen LogP contribution in [0.3, 0.4) is 0 Å². The smallest absolute Gasteiger partial charge is 0.321 e. The first-order valence-corrected chi connectivity index (χ1v) is 7.22. The standard InChI is InChI=1S/C15H17ClN2O5/c1-9(14(21)18-15(22)17-2)23-13(20)8-7-12(19)10-3-5-11(16)6-4-10/h3-6,9H,7-8H2,1-2H3,(H2,17,18,21,22)/t9-/m1/s1. The van der Waals surface area contributed by atoms with Crippen LogP contribution in [0.1, 0.15) is 30.1 Å². The molecule has 2 N–H and O–H groups in total. The van der Waals surface area contributed by atoms with Crippen LogP contribution in [0.4, 0.5) is 4.79 Å². The molecule has 0 spiro atoms. The lowest BCUT2D eigenvalue weighted by molar-refractivity contribution is -0.154. The van der Waals surface area contributed by atoms with Crippen molar-refractivity contribution in [2.24, 2.45) is 0 Å². The van der Waals surface area contributed by atoms with Gasteiger partial charge in [-0.15, -0.1) is 0 Å². The van der Waals surface area contributed by atoms with E-state index in [0.717, 1.165) is 0 Å². The molecule has 1 aromatic carbocycles. The molecule has 0 saturated heterocycles. The van der Waals surface area contributed by atoms with Crippen molar-refractivity contribution < 1.29 is 23.9 Å². The fourth-order valence-electron chi connectivity index (χ4n) is 1.58. The Morgan fingerprint density at radius 2 is 1.74 bits per heavy atom. The van der Waals surface area contributed by atoms with Crippen LogP contribution in [0.25, 0.3) is 0 Å². The van der Waals surface area contributed by atoms with Gasteiger partial charge < -0.3 is 10.1 Å². The van der Waals surface area contributed by atoms with Crippen LogP contribution in [0, 0.1) is 0 Å². The minimum Gasteiger partial charge on any atom is -0.453 e. The summed E-state index contributed by atoms with van der Waals surface area (Å²) in [5.74, 6) is -1.69. The maximum Gasteiger partial charge on any atom is 0.321 e. The molecule has 1 aromatic rings. The second-order valence-electron chi connectivity index (χ2n) is 4.63. The molecular weight excluding hydrogens is 324 g/mol. The van der Waals surface area contributed by atoms with E-state index in [0.29, 0.717) is 10.6 Å². The zero-order valence-electron chi connectivity index (χ0n) is 12.7. The molecule has 0 bridgehead atoms. The number of ether oxygens (including phenoxy) is 1. The highest BCUT2D eigenvalue weighted by atomic mass is 35.5. The Kier molecular flexibility index (Phi) is 7.21. The third kappa shape index (κ3) is 6.48. The van der Waals surface area contributed by atoms with Gasteiger partial charge in [-0.25, -0.2) is 4.79 Å². The van der Waals surface area contributed by atoms with Crippen molar-refractivity contribution in [3.05, 3.63) is 34.9 Å². The van der Waals surface area contributed by atoms with Gasteiger partial charge in [0.25, 0.3) is 5.91 Å². The summed E-state index contributed by atoms with van der Waals surface area (Å²) in [5, 5.41) is 4.70. The maximum absolute atomic E-state index is 11.9. The second-order valence-corrected chi connectivity index (χ2v) is 5.07. The number of imide groups is 1. The number of hydrogen-bond acceptors (Lipinski definition) is 5. The van der Waals surface area contributed by atoms with E-state index in [9.17, 15) is 19.2 Å². The third-order valence-corrected chi connectivity index (χ3v) is 3.12. The Labute approximate surface area is 138 Å². The van der Waals surface area contributed by atoms with Gasteiger partial charge in [-0.3, -0.25) is 19.7 Å². The van der Waals surface area contributed by atoms with Gasteiger partial charge >= 0.3 is 12.0 Å². The van der Waals surface area contributed by atoms with Crippen LogP contribution >= 0.6 is 11.6 Å². The van der Waals surface area contributed by atoms with Crippen LogP contribution in [0.15, 0.2) is 24.3 Å². The molecule has 23 heavy (non-hydrogen) atoms. The zero-order chi connectivity index (χ0) is 17.4. The minimum atomic E-state index is -1.13. The van der Waals surface area contributed by atoms with E-state index < -0.39 is 24.0 Å². The van der Waals surface area contributed by atoms with Crippen molar-refractivity contribution >= 4 is 35.3 Å². The Morgan fingerprint density at radius 1 is 1.13 bits per heavy atom. The van der Waals surface area contributed by atoms with Gasteiger partial charge in [0.05, 0.1) is 6.42 Å². The molecule has 0 fully saturated rings. The highest BCUT2D eigenvalue weighted by Gasteiger charge is 2.20.